The van der Waals surface area contributed by atoms with Gasteiger partial charge in [-0.3, -0.25) is 4.79 Å². The van der Waals surface area contributed by atoms with E-state index in [1.165, 1.54) is 7.11 Å². The van der Waals surface area contributed by atoms with E-state index in [1.54, 1.807) is 0 Å². The van der Waals surface area contributed by atoms with Crippen LogP contribution in [0, 0.1) is 11.8 Å². The molecule has 0 bridgehead atoms. The quantitative estimate of drug-likeness (QED) is 0.568. The lowest BCUT2D eigenvalue weighted by Crippen LogP contribution is -2.37. The predicted octanol–water partition coefficient (Wildman–Crippen LogP) is 2.68. The highest BCUT2D eigenvalue weighted by Gasteiger charge is 2.52. The fourth-order valence-electron chi connectivity index (χ4n) is 3.28. The summed E-state index contributed by atoms with van der Waals surface area (Å²) in [5.41, 5.74) is 0. The van der Waals surface area contributed by atoms with Crippen LogP contribution in [-0.4, -0.2) is 32.1 Å². The van der Waals surface area contributed by atoms with Crippen molar-refractivity contribution in [2.24, 2.45) is 11.8 Å². The lowest BCUT2D eigenvalue weighted by atomic mass is 9.87. The van der Waals surface area contributed by atoms with Crippen LogP contribution in [0.3, 0.4) is 0 Å². The van der Waals surface area contributed by atoms with E-state index in [1.807, 2.05) is 0 Å². The highest BCUT2D eigenvalue weighted by Crippen LogP contribution is 2.49. The van der Waals surface area contributed by atoms with Crippen molar-refractivity contribution in [3.63, 3.8) is 0 Å². The van der Waals surface area contributed by atoms with Gasteiger partial charge >= 0.3 is 5.97 Å². The first-order valence-corrected chi connectivity index (χ1v) is 7.21. The molecule has 19 heavy (non-hydrogen) atoms. The summed E-state index contributed by atoms with van der Waals surface area (Å²) in [6, 6.07) is 0. The molecule has 1 saturated heterocycles. The smallest absolute Gasteiger partial charge is 0.305 e. The van der Waals surface area contributed by atoms with Gasteiger partial charge in [-0.15, -0.1) is 0 Å². The number of ether oxygens (including phenoxy) is 3. The molecule has 2 atom stereocenters. The van der Waals surface area contributed by atoms with Gasteiger partial charge in [-0.05, 0) is 25.2 Å². The average Bonchev–Trinajstić information content (AvgIpc) is 3.01. The monoisotopic (exact) mass is 268 g/mol. The summed E-state index contributed by atoms with van der Waals surface area (Å²) >= 11 is 0. The Labute approximate surface area is 115 Å². The Kier molecular flexibility index (Phi) is 4.99. The van der Waals surface area contributed by atoms with Crippen molar-refractivity contribution in [3.8, 4) is 0 Å². The van der Waals surface area contributed by atoms with Gasteiger partial charge in [-0.2, -0.15) is 0 Å². The third-order valence-corrected chi connectivity index (χ3v) is 4.22. The van der Waals surface area contributed by atoms with Crippen LogP contribution in [0.1, 0.15) is 39.0 Å². The molecule has 0 unspecified atom stereocenters. The van der Waals surface area contributed by atoms with Gasteiger partial charge in [0.2, 0.25) is 0 Å². The summed E-state index contributed by atoms with van der Waals surface area (Å²) in [6.07, 6.45) is 8.62. The zero-order valence-corrected chi connectivity index (χ0v) is 11.9. The van der Waals surface area contributed by atoms with E-state index in [4.69, 9.17) is 14.2 Å². The number of carbonyl (C=O) groups is 1. The van der Waals surface area contributed by atoms with Crippen LogP contribution >= 0.6 is 0 Å². The summed E-state index contributed by atoms with van der Waals surface area (Å²) in [4.78, 5) is 11.5. The lowest BCUT2D eigenvalue weighted by molar-refractivity contribution is -0.186. The predicted molar refractivity (Wildman–Crippen MR) is 71.5 cm³/mol. The number of hydrogen-bond acceptors (Lipinski definition) is 4. The average molecular weight is 268 g/mol. The Morgan fingerprint density at radius 1 is 1.37 bits per heavy atom. The first-order chi connectivity index (χ1) is 9.22. The Morgan fingerprint density at radius 3 is 2.74 bits per heavy atom. The molecule has 1 aliphatic heterocycles. The molecule has 0 N–H and O–H groups in total. The van der Waals surface area contributed by atoms with E-state index < -0.39 is 5.79 Å². The van der Waals surface area contributed by atoms with Gasteiger partial charge < -0.3 is 14.2 Å². The van der Waals surface area contributed by atoms with Crippen LogP contribution in [0.2, 0.25) is 0 Å². The number of carbonyl (C=O) groups excluding carboxylic acids is 1. The first kappa shape index (κ1) is 14.5. The standard InChI is InChI=1S/C15H24O4/c1-3-4-5-6-13-12(11-14(16)17-2)7-8-15(13)18-9-10-19-15/h4-5,12-13H,3,6-11H2,1-2H3/b5-4-/t12-,13-/m1/s1. The minimum absolute atomic E-state index is 0.135. The molecule has 0 aromatic heterocycles. The van der Waals surface area contributed by atoms with Gasteiger partial charge in [-0.1, -0.05) is 19.1 Å². The first-order valence-electron chi connectivity index (χ1n) is 7.21. The molecule has 1 aliphatic carbocycles. The van der Waals surface area contributed by atoms with Crippen molar-refractivity contribution in [2.45, 2.75) is 44.8 Å². The van der Waals surface area contributed by atoms with Gasteiger partial charge in [0.25, 0.3) is 0 Å². The molecule has 2 fully saturated rings. The normalized spacial score (nSPS) is 29.4. The zero-order valence-electron chi connectivity index (χ0n) is 11.9. The Hall–Kier alpha value is -0.870. The fourth-order valence-corrected chi connectivity index (χ4v) is 3.28. The van der Waals surface area contributed by atoms with Crippen LogP contribution in [0.4, 0.5) is 0 Å². The molecule has 1 heterocycles. The number of hydrogen-bond donors (Lipinski definition) is 0. The zero-order chi connectivity index (χ0) is 13.7. The summed E-state index contributed by atoms with van der Waals surface area (Å²) in [5, 5.41) is 0. The summed E-state index contributed by atoms with van der Waals surface area (Å²) in [5.74, 6) is -0.0231. The summed E-state index contributed by atoms with van der Waals surface area (Å²) in [7, 11) is 1.45. The van der Waals surface area contributed by atoms with Gasteiger partial charge in [0, 0.05) is 18.8 Å². The minimum Gasteiger partial charge on any atom is -0.469 e. The van der Waals surface area contributed by atoms with Gasteiger partial charge in [0.15, 0.2) is 5.79 Å². The van der Waals surface area contributed by atoms with Crippen LogP contribution in [0.25, 0.3) is 0 Å². The van der Waals surface area contributed by atoms with E-state index in [0.717, 1.165) is 25.7 Å². The summed E-state index contributed by atoms with van der Waals surface area (Å²) < 4.78 is 16.6. The molecule has 0 aromatic carbocycles. The van der Waals surface area contributed by atoms with Crippen molar-refractivity contribution < 1.29 is 19.0 Å². The molecule has 0 aromatic rings. The summed E-state index contributed by atoms with van der Waals surface area (Å²) in [6.45, 7) is 3.45. The number of allylic oxidation sites excluding steroid dienone is 2. The van der Waals surface area contributed by atoms with E-state index in [-0.39, 0.29) is 11.9 Å². The van der Waals surface area contributed by atoms with Crippen molar-refractivity contribution in [3.05, 3.63) is 12.2 Å². The second kappa shape index (κ2) is 6.53. The lowest BCUT2D eigenvalue weighted by Gasteiger charge is -2.31. The van der Waals surface area contributed by atoms with Crippen molar-refractivity contribution in [1.82, 2.24) is 0 Å². The van der Waals surface area contributed by atoms with Crippen LogP contribution in [0.15, 0.2) is 12.2 Å². The molecule has 2 rings (SSSR count). The number of esters is 1. The molecule has 1 saturated carbocycles. The second-order valence-electron chi connectivity index (χ2n) is 5.31. The van der Waals surface area contributed by atoms with Gasteiger partial charge in [-0.25, -0.2) is 0 Å². The van der Waals surface area contributed by atoms with Gasteiger partial charge in [0.05, 0.1) is 20.3 Å². The van der Waals surface area contributed by atoms with Crippen LogP contribution in [0.5, 0.6) is 0 Å². The Bertz CT molecular complexity index is 331. The van der Waals surface area contributed by atoms with Gasteiger partial charge in [0.1, 0.15) is 0 Å². The van der Waals surface area contributed by atoms with Crippen LogP contribution < -0.4 is 0 Å². The Morgan fingerprint density at radius 2 is 2.11 bits per heavy atom. The molecule has 2 aliphatic rings. The highest BCUT2D eigenvalue weighted by atomic mass is 16.7. The van der Waals surface area contributed by atoms with E-state index in [0.29, 0.717) is 25.6 Å². The molecular formula is C15H24O4. The number of methoxy groups -OCH3 is 1. The maximum atomic E-state index is 11.5. The van der Waals surface area contributed by atoms with E-state index in [9.17, 15) is 4.79 Å². The molecule has 108 valence electrons. The van der Waals surface area contributed by atoms with E-state index in [2.05, 4.69) is 19.1 Å². The highest BCUT2D eigenvalue weighted by molar-refractivity contribution is 5.69. The SMILES string of the molecule is CC/C=C\C[C@@H]1[C@@H](CC(=O)OC)CCC12OCCO2. The van der Waals surface area contributed by atoms with E-state index >= 15 is 0 Å². The second-order valence-corrected chi connectivity index (χ2v) is 5.31. The fraction of sp³-hybridized carbons (Fsp3) is 0.800. The molecule has 4 heteroatoms. The third kappa shape index (κ3) is 3.18. The van der Waals surface area contributed by atoms with Crippen molar-refractivity contribution >= 4 is 5.97 Å². The third-order valence-electron chi connectivity index (χ3n) is 4.22. The minimum atomic E-state index is -0.448. The largest absolute Gasteiger partial charge is 0.469 e. The van der Waals surface area contributed by atoms with Crippen molar-refractivity contribution in [2.75, 3.05) is 20.3 Å². The molecule has 0 radical (unpaired) electrons. The molecule has 1 spiro atoms. The Balaban J connectivity index is 2.05. The molecular weight excluding hydrogens is 244 g/mol. The van der Waals surface area contributed by atoms with Crippen LogP contribution in [-0.2, 0) is 19.0 Å². The molecule has 0 amide bonds. The van der Waals surface area contributed by atoms with Crippen molar-refractivity contribution in [1.29, 1.82) is 0 Å². The number of rotatable bonds is 5. The maximum absolute atomic E-state index is 11.5. The maximum Gasteiger partial charge on any atom is 0.305 e. The molecule has 4 nitrogen and oxygen atoms in total. The topological polar surface area (TPSA) is 44.8 Å².